The lowest BCUT2D eigenvalue weighted by atomic mass is 10.0. The summed E-state index contributed by atoms with van der Waals surface area (Å²) in [7, 11) is -3.60. The Balaban J connectivity index is 1.97. The van der Waals surface area contributed by atoms with Crippen LogP contribution in [-0.4, -0.2) is 25.2 Å². The van der Waals surface area contributed by atoms with E-state index in [2.05, 4.69) is 4.72 Å². The number of nitrogens with one attached hydrogen (secondary N) is 1. The molecule has 7 heteroatoms. The van der Waals surface area contributed by atoms with Crippen LogP contribution in [0.2, 0.25) is 5.02 Å². The standard InChI is InChI=1S/C17H20ClNO4S/c18-15-7-9-16(10-8-15)24(22,23)19-12-13-3-5-14(6-4-13)17(21)2-1-11-20/h3-10,17,19-21H,1-2,11-12H2. The first-order valence-electron chi connectivity index (χ1n) is 7.55. The quantitative estimate of drug-likeness (QED) is 0.667. The predicted molar refractivity (Wildman–Crippen MR) is 93.2 cm³/mol. The van der Waals surface area contributed by atoms with Crippen LogP contribution in [0.25, 0.3) is 0 Å². The lowest BCUT2D eigenvalue weighted by Gasteiger charge is -2.11. The van der Waals surface area contributed by atoms with Crippen molar-refractivity contribution in [1.29, 1.82) is 0 Å². The molecule has 2 rings (SSSR count). The number of hydrogen-bond donors (Lipinski definition) is 3. The Hall–Kier alpha value is -1.44. The monoisotopic (exact) mass is 369 g/mol. The van der Waals surface area contributed by atoms with E-state index in [9.17, 15) is 13.5 Å². The maximum atomic E-state index is 12.2. The van der Waals surface area contributed by atoms with Gasteiger partial charge in [0.15, 0.2) is 0 Å². The average molecular weight is 370 g/mol. The van der Waals surface area contributed by atoms with E-state index in [4.69, 9.17) is 16.7 Å². The van der Waals surface area contributed by atoms with Gasteiger partial charge in [-0.3, -0.25) is 0 Å². The first-order valence-corrected chi connectivity index (χ1v) is 9.41. The second-order valence-corrected chi connectivity index (χ2v) is 7.61. The van der Waals surface area contributed by atoms with E-state index in [1.54, 1.807) is 24.3 Å². The highest BCUT2D eigenvalue weighted by atomic mass is 35.5. The number of benzene rings is 2. The fourth-order valence-corrected chi connectivity index (χ4v) is 3.33. The van der Waals surface area contributed by atoms with Gasteiger partial charge in [-0.2, -0.15) is 0 Å². The van der Waals surface area contributed by atoms with Gasteiger partial charge in [-0.05, 0) is 48.2 Å². The predicted octanol–water partition coefficient (Wildman–Crippen LogP) is 2.62. The first-order chi connectivity index (χ1) is 11.4. The van der Waals surface area contributed by atoms with Gasteiger partial charge in [0.05, 0.1) is 11.0 Å². The highest BCUT2D eigenvalue weighted by molar-refractivity contribution is 7.89. The molecule has 0 aliphatic heterocycles. The number of halogens is 1. The summed E-state index contributed by atoms with van der Waals surface area (Å²) in [6, 6.07) is 13.0. The molecule has 0 bridgehead atoms. The molecule has 2 aromatic carbocycles. The fourth-order valence-electron chi connectivity index (χ4n) is 2.18. The summed E-state index contributed by atoms with van der Waals surface area (Å²) in [5.74, 6) is 0. The smallest absolute Gasteiger partial charge is 0.240 e. The number of rotatable bonds is 8. The molecule has 0 amide bonds. The molecule has 0 aliphatic rings. The molecule has 3 N–H and O–H groups in total. The van der Waals surface area contributed by atoms with Crippen LogP contribution in [0, 0.1) is 0 Å². The Kier molecular flexibility index (Phi) is 6.77. The topological polar surface area (TPSA) is 86.6 Å². The molecule has 0 spiro atoms. The van der Waals surface area contributed by atoms with Crippen molar-refractivity contribution in [3.05, 3.63) is 64.7 Å². The Morgan fingerprint density at radius 1 is 1.04 bits per heavy atom. The molecule has 1 unspecified atom stereocenters. The van der Waals surface area contributed by atoms with Crippen LogP contribution in [0.4, 0.5) is 0 Å². The van der Waals surface area contributed by atoms with Gasteiger partial charge in [-0.1, -0.05) is 35.9 Å². The molecule has 0 aromatic heterocycles. The first kappa shape index (κ1) is 18.9. The molecule has 5 nitrogen and oxygen atoms in total. The molecule has 2 aromatic rings. The Morgan fingerprint density at radius 3 is 2.25 bits per heavy atom. The van der Waals surface area contributed by atoms with Crippen molar-refractivity contribution >= 4 is 21.6 Å². The average Bonchev–Trinajstić information content (AvgIpc) is 2.59. The summed E-state index contributed by atoms with van der Waals surface area (Å²) in [5, 5.41) is 19.2. The van der Waals surface area contributed by atoms with Crippen molar-refractivity contribution < 1.29 is 18.6 Å². The number of aliphatic hydroxyl groups is 2. The van der Waals surface area contributed by atoms with Crippen LogP contribution < -0.4 is 4.72 Å². The van der Waals surface area contributed by atoms with E-state index in [1.165, 1.54) is 24.3 Å². The van der Waals surface area contributed by atoms with Crippen molar-refractivity contribution in [2.45, 2.75) is 30.4 Å². The minimum atomic E-state index is -3.60. The zero-order chi connectivity index (χ0) is 17.6. The second kappa shape index (κ2) is 8.60. The maximum Gasteiger partial charge on any atom is 0.240 e. The maximum absolute atomic E-state index is 12.2. The Morgan fingerprint density at radius 2 is 1.67 bits per heavy atom. The van der Waals surface area contributed by atoms with Gasteiger partial charge in [0, 0.05) is 18.2 Å². The molecule has 0 radical (unpaired) electrons. The Bertz CT molecular complexity index is 745. The molecule has 130 valence electrons. The van der Waals surface area contributed by atoms with E-state index in [1.807, 2.05) is 0 Å². The summed E-state index contributed by atoms with van der Waals surface area (Å²) < 4.78 is 26.9. The van der Waals surface area contributed by atoms with E-state index >= 15 is 0 Å². The van der Waals surface area contributed by atoms with Crippen molar-refractivity contribution in [2.24, 2.45) is 0 Å². The number of aliphatic hydroxyl groups excluding tert-OH is 2. The summed E-state index contributed by atoms with van der Waals surface area (Å²) in [6.07, 6.45) is 0.389. The van der Waals surface area contributed by atoms with E-state index in [0.29, 0.717) is 17.9 Å². The zero-order valence-electron chi connectivity index (χ0n) is 13.0. The van der Waals surface area contributed by atoms with Gasteiger partial charge in [-0.25, -0.2) is 13.1 Å². The normalized spacial score (nSPS) is 13.0. The molecule has 1 atom stereocenters. The summed E-state index contributed by atoms with van der Waals surface area (Å²) in [5.41, 5.74) is 1.53. The molecule has 24 heavy (non-hydrogen) atoms. The second-order valence-electron chi connectivity index (χ2n) is 5.40. The van der Waals surface area contributed by atoms with Crippen LogP contribution in [-0.2, 0) is 16.6 Å². The highest BCUT2D eigenvalue weighted by Crippen LogP contribution is 2.19. The molecular weight excluding hydrogens is 350 g/mol. The van der Waals surface area contributed by atoms with Crippen molar-refractivity contribution in [3.63, 3.8) is 0 Å². The Labute approximate surface area is 147 Å². The van der Waals surface area contributed by atoms with Gasteiger partial charge >= 0.3 is 0 Å². The van der Waals surface area contributed by atoms with E-state index in [-0.39, 0.29) is 18.0 Å². The van der Waals surface area contributed by atoms with Crippen LogP contribution in [0.1, 0.15) is 30.1 Å². The molecule has 0 saturated carbocycles. The fraction of sp³-hybridized carbons (Fsp3) is 0.294. The van der Waals surface area contributed by atoms with Crippen molar-refractivity contribution in [1.82, 2.24) is 4.72 Å². The molecule has 0 fully saturated rings. The molecule has 0 saturated heterocycles. The third kappa shape index (κ3) is 5.29. The zero-order valence-corrected chi connectivity index (χ0v) is 14.6. The van der Waals surface area contributed by atoms with Gasteiger partial charge in [-0.15, -0.1) is 0 Å². The largest absolute Gasteiger partial charge is 0.396 e. The van der Waals surface area contributed by atoms with Crippen molar-refractivity contribution in [3.8, 4) is 0 Å². The summed E-state index contributed by atoms with van der Waals surface area (Å²) in [4.78, 5) is 0.156. The third-order valence-electron chi connectivity index (χ3n) is 3.59. The van der Waals surface area contributed by atoms with Crippen LogP contribution in [0.15, 0.2) is 53.4 Å². The molecule has 0 heterocycles. The van der Waals surface area contributed by atoms with Crippen LogP contribution in [0.5, 0.6) is 0 Å². The lowest BCUT2D eigenvalue weighted by Crippen LogP contribution is -2.23. The minimum absolute atomic E-state index is 0.0433. The highest BCUT2D eigenvalue weighted by Gasteiger charge is 2.13. The van der Waals surface area contributed by atoms with E-state index in [0.717, 1.165) is 11.1 Å². The summed E-state index contributed by atoms with van der Waals surface area (Å²) >= 11 is 5.76. The third-order valence-corrected chi connectivity index (χ3v) is 5.26. The molecular formula is C17H20ClNO4S. The minimum Gasteiger partial charge on any atom is -0.396 e. The van der Waals surface area contributed by atoms with Crippen LogP contribution in [0.3, 0.4) is 0 Å². The van der Waals surface area contributed by atoms with Gasteiger partial charge < -0.3 is 10.2 Å². The van der Waals surface area contributed by atoms with Gasteiger partial charge in [0.25, 0.3) is 0 Å². The van der Waals surface area contributed by atoms with Crippen molar-refractivity contribution in [2.75, 3.05) is 6.61 Å². The van der Waals surface area contributed by atoms with E-state index < -0.39 is 16.1 Å². The SMILES string of the molecule is O=S(=O)(NCc1ccc(C(O)CCCO)cc1)c1ccc(Cl)cc1. The van der Waals surface area contributed by atoms with Gasteiger partial charge in [0.1, 0.15) is 0 Å². The number of hydrogen-bond acceptors (Lipinski definition) is 4. The van der Waals surface area contributed by atoms with Crippen LogP contribution >= 0.6 is 11.6 Å². The number of sulfonamides is 1. The molecule has 0 aliphatic carbocycles. The summed E-state index contributed by atoms with van der Waals surface area (Å²) in [6.45, 7) is 0.194. The lowest BCUT2D eigenvalue weighted by molar-refractivity contribution is 0.152. The van der Waals surface area contributed by atoms with Gasteiger partial charge in [0.2, 0.25) is 10.0 Å².